The third-order valence-electron chi connectivity index (χ3n) is 3.77. The highest BCUT2D eigenvalue weighted by atomic mass is 35.5. The van der Waals surface area contributed by atoms with E-state index in [-0.39, 0.29) is 5.91 Å². The van der Waals surface area contributed by atoms with Gasteiger partial charge in [0.05, 0.1) is 6.54 Å². The van der Waals surface area contributed by atoms with E-state index in [2.05, 4.69) is 10.4 Å². The van der Waals surface area contributed by atoms with Gasteiger partial charge >= 0.3 is 0 Å². The second-order valence-corrected chi connectivity index (χ2v) is 6.19. The van der Waals surface area contributed by atoms with E-state index in [1.165, 1.54) is 0 Å². The first-order valence-corrected chi connectivity index (χ1v) is 8.06. The van der Waals surface area contributed by atoms with Crippen LogP contribution in [0.25, 0.3) is 0 Å². The zero-order valence-corrected chi connectivity index (χ0v) is 14.3. The molecule has 0 radical (unpaired) electrons. The molecule has 1 aromatic heterocycles. The highest BCUT2D eigenvalue weighted by Crippen LogP contribution is 2.21. The Morgan fingerprint density at radius 1 is 1.17 bits per heavy atom. The molecule has 5 heteroatoms. The Morgan fingerprint density at radius 2 is 1.92 bits per heavy atom. The van der Waals surface area contributed by atoms with Crippen LogP contribution in [0.15, 0.2) is 54.7 Å². The van der Waals surface area contributed by atoms with Crippen molar-refractivity contribution in [1.29, 1.82) is 0 Å². The Kier molecular flexibility index (Phi) is 4.67. The minimum absolute atomic E-state index is 0.205. The number of hydrogen-bond donors (Lipinski definition) is 1. The van der Waals surface area contributed by atoms with Gasteiger partial charge in [0.2, 0.25) is 0 Å². The molecule has 3 rings (SSSR count). The number of carbonyl (C=O) groups excluding carboxylic acids is 1. The molecule has 0 aliphatic rings. The molecule has 0 bridgehead atoms. The molecule has 0 aliphatic carbocycles. The maximum atomic E-state index is 12.5. The van der Waals surface area contributed by atoms with Crippen molar-refractivity contribution in [2.75, 3.05) is 5.32 Å². The largest absolute Gasteiger partial charge is 0.304 e. The number of rotatable bonds is 4. The fraction of sp³-hybridized carbons (Fsp3) is 0.158. The summed E-state index contributed by atoms with van der Waals surface area (Å²) >= 11 is 6.22. The van der Waals surface area contributed by atoms with Crippen LogP contribution in [0.5, 0.6) is 0 Å². The van der Waals surface area contributed by atoms with Gasteiger partial charge in [-0.3, -0.25) is 9.48 Å². The molecule has 0 saturated carbocycles. The molecule has 1 N–H and O–H groups in total. The first kappa shape index (κ1) is 16.3. The van der Waals surface area contributed by atoms with E-state index in [0.29, 0.717) is 22.9 Å². The van der Waals surface area contributed by atoms with Crippen molar-refractivity contribution >= 4 is 23.3 Å². The highest BCUT2D eigenvalue weighted by Gasteiger charge is 2.14. The van der Waals surface area contributed by atoms with E-state index >= 15 is 0 Å². The summed E-state index contributed by atoms with van der Waals surface area (Å²) in [5.74, 6) is 0.168. The number of carbonyl (C=O) groups is 1. The van der Waals surface area contributed by atoms with Gasteiger partial charge in [0.1, 0.15) is 5.02 Å². The van der Waals surface area contributed by atoms with Gasteiger partial charge < -0.3 is 5.32 Å². The lowest BCUT2D eigenvalue weighted by Crippen LogP contribution is -2.14. The molecule has 2 aromatic carbocycles. The topological polar surface area (TPSA) is 46.9 Å². The monoisotopic (exact) mass is 339 g/mol. The fourth-order valence-electron chi connectivity index (χ4n) is 2.49. The summed E-state index contributed by atoms with van der Waals surface area (Å²) < 4.78 is 1.72. The van der Waals surface area contributed by atoms with Gasteiger partial charge in [-0.1, -0.05) is 59.6 Å². The normalized spacial score (nSPS) is 10.6. The van der Waals surface area contributed by atoms with E-state index < -0.39 is 0 Å². The number of aromatic nitrogens is 2. The van der Waals surface area contributed by atoms with E-state index in [9.17, 15) is 4.79 Å². The quantitative estimate of drug-likeness (QED) is 0.763. The van der Waals surface area contributed by atoms with Crippen LogP contribution >= 0.6 is 11.6 Å². The van der Waals surface area contributed by atoms with Gasteiger partial charge in [0.15, 0.2) is 5.82 Å². The number of nitrogens with zero attached hydrogens (tertiary/aromatic N) is 2. The van der Waals surface area contributed by atoms with Crippen LogP contribution < -0.4 is 5.32 Å². The lowest BCUT2D eigenvalue weighted by atomic mass is 10.1. The Hall–Kier alpha value is -2.59. The Bertz CT molecular complexity index is 872. The lowest BCUT2D eigenvalue weighted by molar-refractivity contribution is 0.102. The summed E-state index contributed by atoms with van der Waals surface area (Å²) in [6, 6.07) is 15.7. The van der Waals surface area contributed by atoms with Crippen LogP contribution in [0.4, 0.5) is 5.82 Å². The molecule has 0 aliphatic heterocycles. The predicted octanol–water partition coefficient (Wildman–Crippen LogP) is 4.45. The molecule has 122 valence electrons. The second kappa shape index (κ2) is 6.89. The summed E-state index contributed by atoms with van der Waals surface area (Å²) in [4.78, 5) is 12.5. The van der Waals surface area contributed by atoms with E-state index in [4.69, 9.17) is 11.6 Å². The van der Waals surface area contributed by atoms with Crippen molar-refractivity contribution in [3.63, 3.8) is 0 Å². The third kappa shape index (κ3) is 3.66. The average molecular weight is 340 g/mol. The molecule has 1 heterocycles. The molecule has 0 spiro atoms. The van der Waals surface area contributed by atoms with Crippen molar-refractivity contribution in [1.82, 2.24) is 9.78 Å². The van der Waals surface area contributed by atoms with Crippen molar-refractivity contribution in [3.05, 3.63) is 82.0 Å². The highest BCUT2D eigenvalue weighted by molar-refractivity contribution is 6.33. The Balaban J connectivity index is 1.78. The molecule has 0 atom stereocenters. The van der Waals surface area contributed by atoms with Gasteiger partial charge in [0.25, 0.3) is 5.91 Å². The summed E-state index contributed by atoms with van der Waals surface area (Å²) in [7, 11) is 0. The van der Waals surface area contributed by atoms with Crippen molar-refractivity contribution < 1.29 is 4.79 Å². The summed E-state index contributed by atoms with van der Waals surface area (Å²) in [6.45, 7) is 4.46. The number of benzene rings is 2. The number of aryl methyl sites for hydroxylation is 2. The molecular weight excluding hydrogens is 322 g/mol. The van der Waals surface area contributed by atoms with Crippen LogP contribution in [0.2, 0.25) is 5.02 Å². The summed E-state index contributed by atoms with van der Waals surface area (Å²) in [6.07, 6.45) is 1.72. The molecule has 24 heavy (non-hydrogen) atoms. The third-order valence-corrected chi connectivity index (χ3v) is 4.05. The number of halogens is 1. The van der Waals surface area contributed by atoms with Gasteiger partial charge in [-0.15, -0.1) is 0 Å². The first-order chi connectivity index (χ1) is 11.5. The maximum absolute atomic E-state index is 12.5. The van der Waals surface area contributed by atoms with Gasteiger partial charge in [0, 0.05) is 11.8 Å². The second-order valence-electron chi connectivity index (χ2n) is 5.78. The smallest absolute Gasteiger partial charge is 0.257 e. The van der Waals surface area contributed by atoms with Crippen LogP contribution in [-0.4, -0.2) is 15.7 Å². The van der Waals surface area contributed by atoms with Gasteiger partial charge in [-0.2, -0.15) is 5.10 Å². The SMILES string of the molecule is Cc1ccc(C)c(C(=O)Nc2nn(Cc3ccccc3)cc2Cl)c1. The number of amides is 1. The Labute approximate surface area is 146 Å². The molecule has 3 aromatic rings. The van der Waals surface area contributed by atoms with Crippen molar-refractivity contribution in [3.8, 4) is 0 Å². The molecular formula is C19H18ClN3O. The van der Waals surface area contributed by atoms with Crippen LogP contribution in [0, 0.1) is 13.8 Å². The molecule has 0 fully saturated rings. The van der Waals surface area contributed by atoms with Gasteiger partial charge in [-0.25, -0.2) is 0 Å². The summed E-state index contributed by atoms with van der Waals surface area (Å²) in [5, 5.41) is 7.59. The number of hydrogen-bond acceptors (Lipinski definition) is 2. The zero-order valence-electron chi connectivity index (χ0n) is 13.6. The Morgan fingerprint density at radius 3 is 2.67 bits per heavy atom. The standard InChI is InChI=1S/C19H18ClN3O/c1-13-8-9-14(2)16(10-13)19(24)21-18-17(20)12-23(22-18)11-15-6-4-3-5-7-15/h3-10,12H,11H2,1-2H3,(H,21,22,24). The molecule has 4 nitrogen and oxygen atoms in total. The van der Waals surface area contributed by atoms with Crippen LogP contribution in [0.1, 0.15) is 27.0 Å². The van der Waals surface area contributed by atoms with Crippen molar-refractivity contribution in [2.45, 2.75) is 20.4 Å². The minimum Gasteiger partial charge on any atom is -0.304 e. The first-order valence-electron chi connectivity index (χ1n) is 7.68. The molecule has 0 unspecified atom stereocenters. The van der Waals surface area contributed by atoms with E-state index in [1.54, 1.807) is 10.9 Å². The number of nitrogens with one attached hydrogen (secondary N) is 1. The predicted molar refractivity (Wildman–Crippen MR) is 96.7 cm³/mol. The number of anilines is 1. The minimum atomic E-state index is -0.205. The van der Waals surface area contributed by atoms with Crippen molar-refractivity contribution in [2.24, 2.45) is 0 Å². The zero-order chi connectivity index (χ0) is 17.1. The van der Waals surface area contributed by atoms with Crippen LogP contribution in [0.3, 0.4) is 0 Å². The maximum Gasteiger partial charge on any atom is 0.257 e. The van der Waals surface area contributed by atoms with E-state index in [0.717, 1.165) is 16.7 Å². The summed E-state index contributed by atoms with van der Waals surface area (Å²) in [5.41, 5.74) is 3.69. The molecule has 1 amide bonds. The van der Waals surface area contributed by atoms with Crippen LogP contribution in [-0.2, 0) is 6.54 Å². The fourth-order valence-corrected chi connectivity index (χ4v) is 2.69. The van der Waals surface area contributed by atoms with E-state index in [1.807, 2.05) is 62.4 Å². The lowest BCUT2D eigenvalue weighted by Gasteiger charge is -2.07. The molecule has 0 saturated heterocycles. The average Bonchev–Trinajstić information content (AvgIpc) is 2.90. The van der Waals surface area contributed by atoms with Gasteiger partial charge in [-0.05, 0) is 31.0 Å².